The Bertz CT molecular complexity index is 1200. The first kappa shape index (κ1) is 20.3. The highest BCUT2D eigenvalue weighted by atomic mass is 35.5. The van der Waals surface area contributed by atoms with Gasteiger partial charge in [0.25, 0.3) is 0 Å². The van der Waals surface area contributed by atoms with Crippen LogP contribution < -0.4 is 19.9 Å². The van der Waals surface area contributed by atoms with Gasteiger partial charge in [-0.25, -0.2) is 4.79 Å². The van der Waals surface area contributed by atoms with Gasteiger partial charge in [0.2, 0.25) is 5.88 Å². The molecule has 0 radical (unpaired) electrons. The van der Waals surface area contributed by atoms with Gasteiger partial charge in [0.05, 0.1) is 5.92 Å². The van der Waals surface area contributed by atoms with Crippen LogP contribution in [0.25, 0.3) is 0 Å². The maximum absolute atomic E-state index is 12.2. The van der Waals surface area contributed by atoms with E-state index in [2.05, 4.69) is 6.07 Å². The number of carbonyl (C=O) groups is 1. The molecule has 0 bridgehead atoms. The first-order valence-electron chi connectivity index (χ1n) is 9.40. The SMILES string of the molecule is N#CC1=C(N)Oc2cc(OC(=O)COc3ccccc3)ccc2C1c1cccc(Cl)c1. The summed E-state index contributed by atoms with van der Waals surface area (Å²) in [4.78, 5) is 12.2. The van der Waals surface area contributed by atoms with Crippen LogP contribution in [0.2, 0.25) is 5.02 Å². The van der Waals surface area contributed by atoms with Crippen LogP contribution in [0.5, 0.6) is 17.2 Å². The van der Waals surface area contributed by atoms with Crippen molar-refractivity contribution in [3.05, 3.63) is 100 Å². The lowest BCUT2D eigenvalue weighted by molar-refractivity contribution is -0.136. The number of para-hydroxylation sites is 1. The Labute approximate surface area is 184 Å². The van der Waals surface area contributed by atoms with Gasteiger partial charge in [0.1, 0.15) is 28.9 Å². The highest BCUT2D eigenvalue weighted by Crippen LogP contribution is 2.43. The Morgan fingerprint density at radius 3 is 2.61 bits per heavy atom. The van der Waals surface area contributed by atoms with Gasteiger partial charge in [0, 0.05) is 16.7 Å². The monoisotopic (exact) mass is 432 g/mol. The molecule has 31 heavy (non-hydrogen) atoms. The van der Waals surface area contributed by atoms with Crippen LogP contribution in [-0.2, 0) is 4.79 Å². The van der Waals surface area contributed by atoms with Crippen LogP contribution in [0.4, 0.5) is 0 Å². The third kappa shape index (κ3) is 4.47. The van der Waals surface area contributed by atoms with Gasteiger partial charge in [-0.05, 0) is 35.9 Å². The third-order valence-corrected chi connectivity index (χ3v) is 4.94. The average Bonchev–Trinajstić information content (AvgIpc) is 2.77. The third-order valence-electron chi connectivity index (χ3n) is 4.70. The van der Waals surface area contributed by atoms with Crippen LogP contribution in [0.15, 0.2) is 84.3 Å². The molecule has 0 aliphatic carbocycles. The number of rotatable bonds is 5. The van der Waals surface area contributed by atoms with Crippen LogP contribution in [-0.4, -0.2) is 12.6 Å². The highest BCUT2D eigenvalue weighted by Gasteiger charge is 2.31. The summed E-state index contributed by atoms with van der Waals surface area (Å²) < 4.78 is 16.4. The molecule has 154 valence electrons. The van der Waals surface area contributed by atoms with E-state index in [1.165, 1.54) is 0 Å². The van der Waals surface area contributed by atoms with Gasteiger partial charge in [-0.3, -0.25) is 0 Å². The zero-order valence-electron chi connectivity index (χ0n) is 16.2. The Balaban J connectivity index is 1.57. The molecule has 1 unspecified atom stereocenters. The Hall–Kier alpha value is -3.95. The molecule has 4 rings (SSSR count). The second-order valence-corrected chi connectivity index (χ2v) is 7.19. The van der Waals surface area contributed by atoms with E-state index >= 15 is 0 Å². The second-order valence-electron chi connectivity index (χ2n) is 6.76. The maximum Gasteiger partial charge on any atom is 0.349 e. The number of hydrogen-bond acceptors (Lipinski definition) is 6. The molecule has 7 heteroatoms. The maximum atomic E-state index is 12.2. The standard InChI is InChI=1S/C24H17ClN2O4/c25-16-6-4-5-15(11-16)23-19-10-9-18(12-21(19)31-24(27)20(23)13-26)30-22(28)14-29-17-7-2-1-3-8-17/h1-12,23H,14,27H2. The van der Waals surface area contributed by atoms with Crippen molar-refractivity contribution < 1.29 is 19.0 Å². The number of benzene rings is 3. The normalized spacial score (nSPS) is 14.8. The molecule has 0 spiro atoms. The van der Waals surface area contributed by atoms with Crippen LogP contribution in [0.1, 0.15) is 17.0 Å². The molecule has 3 aromatic rings. The van der Waals surface area contributed by atoms with Crippen molar-refractivity contribution in [1.82, 2.24) is 0 Å². The average molecular weight is 433 g/mol. The van der Waals surface area contributed by atoms with Gasteiger partial charge in [-0.2, -0.15) is 5.26 Å². The van der Waals surface area contributed by atoms with Gasteiger partial charge in [-0.15, -0.1) is 0 Å². The fraction of sp³-hybridized carbons (Fsp3) is 0.0833. The van der Waals surface area contributed by atoms with E-state index in [-0.39, 0.29) is 23.8 Å². The van der Waals surface area contributed by atoms with Gasteiger partial charge < -0.3 is 19.9 Å². The van der Waals surface area contributed by atoms with E-state index in [1.54, 1.807) is 48.5 Å². The van der Waals surface area contributed by atoms with Gasteiger partial charge in [-0.1, -0.05) is 48.0 Å². The Kier molecular flexibility index (Phi) is 5.78. The smallest absolute Gasteiger partial charge is 0.349 e. The van der Waals surface area contributed by atoms with Crippen LogP contribution >= 0.6 is 11.6 Å². The molecule has 0 aromatic heterocycles. The minimum Gasteiger partial charge on any atom is -0.482 e. The van der Waals surface area contributed by atoms with Crippen molar-refractivity contribution >= 4 is 17.6 Å². The number of esters is 1. The summed E-state index contributed by atoms with van der Waals surface area (Å²) in [5, 5.41) is 10.2. The number of carbonyl (C=O) groups excluding carboxylic acids is 1. The number of nitrogens with two attached hydrogens (primary N) is 1. The number of fused-ring (bicyclic) bond motifs is 1. The molecule has 1 atom stereocenters. The molecule has 0 fully saturated rings. The molecule has 0 saturated carbocycles. The van der Waals surface area contributed by atoms with E-state index in [0.717, 1.165) is 5.56 Å². The lowest BCUT2D eigenvalue weighted by atomic mass is 9.83. The van der Waals surface area contributed by atoms with Crippen LogP contribution in [0, 0.1) is 11.3 Å². The zero-order chi connectivity index (χ0) is 21.8. The molecule has 0 amide bonds. The molecule has 0 saturated heterocycles. The Morgan fingerprint density at radius 2 is 1.87 bits per heavy atom. The highest BCUT2D eigenvalue weighted by molar-refractivity contribution is 6.30. The van der Waals surface area contributed by atoms with Crippen molar-refractivity contribution in [3.63, 3.8) is 0 Å². The fourth-order valence-electron chi connectivity index (χ4n) is 3.35. The summed E-state index contributed by atoms with van der Waals surface area (Å²) in [6.45, 7) is -0.242. The van der Waals surface area contributed by atoms with Crippen molar-refractivity contribution in [2.24, 2.45) is 5.73 Å². The molecule has 1 aliphatic rings. The summed E-state index contributed by atoms with van der Waals surface area (Å²) in [5.41, 5.74) is 7.81. The van der Waals surface area contributed by atoms with E-state index in [0.29, 0.717) is 22.1 Å². The minimum atomic E-state index is -0.563. The molecule has 1 aliphatic heterocycles. The summed E-state index contributed by atoms with van der Waals surface area (Å²) in [6.07, 6.45) is 0. The summed E-state index contributed by atoms with van der Waals surface area (Å²) in [5.74, 6) is 0.232. The summed E-state index contributed by atoms with van der Waals surface area (Å²) in [7, 11) is 0. The predicted octanol–water partition coefficient (Wildman–Crippen LogP) is 4.54. The number of ether oxygens (including phenoxy) is 3. The number of halogens is 1. The molecule has 3 aromatic carbocycles. The summed E-state index contributed by atoms with van der Waals surface area (Å²) in [6, 6.07) is 23.2. The van der Waals surface area contributed by atoms with Gasteiger partial charge >= 0.3 is 5.97 Å². The van der Waals surface area contributed by atoms with Crippen LogP contribution in [0.3, 0.4) is 0 Å². The topological polar surface area (TPSA) is 94.6 Å². The zero-order valence-corrected chi connectivity index (χ0v) is 17.0. The quantitative estimate of drug-likeness (QED) is 0.469. The minimum absolute atomic E-state index is 0.00383. The summed E-state index contributed by atoms with van der Waals surface area (Å²) >= 11 is 6.14. The van der Waals surface area contributed by atoms with Crippen molar-refractivity contribution in [2.75, 3.05) is 6.61 Å². The first-order chi connectivity index (χ1) is 15.0. The lowest BCUT2D eigenvalue weighted by Gasteiger charge is -2.26. The Morgan fingerprint density at radius 1 is 1.06 bits per heavy atom. The first-order valence-corrected chi connectivity index (χ1v) is 9.78. The lowest BCUT2D eigenvalue weighted by Crippen LogP contribution is -2.21. The van der Waals surface area contributed by atoms with Crippen molar-refractivity contribution in [1.29, 1.82) is 5.26 Å². The molecular weight excluding hydrogens is 416 g/mol. The molecule has 6 nitrogen and oxygen atoms in total. The molecule has 2 N–H and O–H groups in total. The van der Waals surface area contributed by atoms with Crippen molar-refractivity contribution in [2.45, 2.75) is 5.92 Å². The van der Waals surface area contributed by atoms with Crippen molar-refractivity contribution in [3.8, 4) is 23.3 Å². The molecule has 1 heterocycles. The number of nitrogens with zero attached hydrogens (tertiary/aromatic N) is 1. The molecular formula is C24H17ClN2O4. The van der Waals surface area contributed by atoms with E-state index < -0.39 is 11.9 Å². The number of hydrogen-bond donors (Lipinski definition) is 1. The largest absolute Gasteiger partial charge is 0.482 e. The van der Waals surface area contributed by atoms with Gasteiger partial charge in [0.15, 0.2) is 6.61 Å². The van der Waals surface area contributed by atoms with E-state index in [1.807, 2.05) is 24.3 Å². The second kappa shape index (κ2) is 8.82. The van der Waals surface area contributed by atoms with E-state index in [4.69, 9.17) is 31.5 Å². The predicted molar refractivity (Wildman–Crippen MR) is 115 cm³/mol. The number of nitriles is 1. The number of allylic oxidation sites excluding steroid dienone is 1. The fourth-order valence-corrected chi connectivity index (χ4v) is 3.55. The van der Waals surface area contributed by atoms with E-state index in [9.17, 15) is 10.1 Å².